The van der Waals surface area contributed by atoms with E-state index >= 15 is 0 Å². The van der Waals surface area contributed by atoms with Gasteiger partial charge in [-0.15, -0.1) is 0 Å². The van der Waals surface area contributed by atoms with Crippen LogP contribution >= 0.6 is 31.9 Å². The quantitative estimate of drug-likeness (QED) is 0.350. The number of amides is 1. The molecule has 0 aliphatic carbocycles. The SMILES string of the molecule is Cc1c(Br)cc(NCC(=O)N/N=C\c2c(O)ccc3ccccc23)cc1Br. The largest absolute Gasteiger partial charge is 0.507 e. The normalized spacial score (nSPS) is 11.1. The summed E-state index contributed by atoms with van der Waals surface area (Å²) >= 11 is 6.96. The van der Waals surface area contributed by atoms with Crippen LogP contribution in [0.15, 0.2) is 62.6 Å². The summed E-state index contributed by atoms with van der Waals surface area (Å²) in [5.74, 6) is -0.182. The maximum atomic E-state index is 12.0. The van der Waals surface area contributed by atoms with Crippen molar-refractivity contribution >= 4 is 60.4 Å². The number of phenolic OH excluding ortho intramolecular Hbond substituents is 1. The van der Waals surface area contributed by atoms with Crippen LogP contribution in [-0.4, -0.2) is 23.8 Å². The van der Waals surface area contributed by atoms with Crippen LogP contribution < -0.4 is 10.7 Å². The topological polar surface area (TPSA) is 73.7 Å². The molecule has 27 heavy (non-hydrogen) atoms. The molecule has 0 bridgehead atoms. The van der Waals surface area contributed by atoms with E-state index in [4.69, 9.17) is 0 Å². The predicted molar refractivity (Wildman–Crippen MR) is 116 cm³/mol. The third-order valence-corrected chi connectivity index (χ3v) is 5.71. The number of nitrogens with zero attached hydrogens (tertiary/aromatic N) is 1. The van der Waals surface area contributed by atoms with Gasteiger partial charge in [-0.1, -0.05) is 62.2 Å². The van der Waals surface area contributed by atoms with Crippen molar-refractivity contribution in [2.24, 2.45) is 5.10 Å². The number of aromatic hydroxyl groups is 1. The number of halogens is 2. The number of anilines is 1. The van der Waals surface area contributed by atoms with E-state index in [9.17, 15) is 9.90 Å². The molecule has 0 saturated carbocycles. The number of phenols is 1. The van der Waals surface area contributed by atoms with Crippen LogP contribution in [0.4, 0.5) is 5.69 Å². The van der Waals surface area contributed by atoms with Gasteiger partial charge in [-0.3, -0.25) is 4.79 Å². The van der Waals surface area contributed by atoms with Crippen LogP contribution in [0, 0.1) is 6.92 Å². The zero-order valence-electron chi connectivity index (χ0n) is 14.5. The van der Waals surface area contributed by atoms with E-state index in [1.165, 1.54) is 6.21 Å². The van der Waals surface area contributed by atoms with Crippen molar-refractivity contribution in [3.63, 3.8) is 0 Å². The molecule has 3 rings (SSSR count). The maximum absolute atomic E-state index is 12.0. The fraction of sp³-hybridized carbons (Fsp3) is 0.100. The Labute approximate surface area is 173 Å². The summed E-state index contributed by atoms with van der Waals surface area (Å²) in [4.78, 5) is 12.0. The first-order chi connectivity index (χ1) is 13.0. The van der Waals surface area contributed by atoms with Gasteiger partial charge in [0, 0.05) is 20.2 Å². The van der Waals surface area contributed by atoms with Gasteiger partial charge in [0.05, 0.1) is 12.8 Å². The van der Waals surface area contributed by atoms with Crippen LogP contribution in [0.2, 0.25) is 0 Å². The van der Waals surface area contributed by atoms with Crippen molar-refractivity contribution in [2.75, 3.05) is 11.9 Å². The van der Waals surface area contributed by atoms with E-state index in [2.05, 4.69) is 47.7 Å². The highest BCUT2D eigenvalue weighted by atomic mass is 79.9. The average Bonchev–Trinajstić information content (AvgIpc) is 2.66. The smallest absolute Gasteiger partial charge is 0.259 e. The van der Waals surface area contributed by atoms with Gasteiger partial charge in [-0.05, 0) is 41.5 Å². The van der Waals surface area contributed by atoms with E-state index < -0.39 is 0 Å². The average molecular weight is 491 g/mol. The Bertz CT molecular complexity index is 1010. The van der Waals surface area contributed by atoms with Crippen LogP contribution in [0.3, 0.4) is 0 Å². The second-order valence-corrected chi connectivity index (χ2v) is 7.64. The number of rotatable bonds is 5. The highest BCUT2D eigenvalue weighted by Gasteiger charge is 2.06. The number of nitrogens with one attached hydrogen (secondary N) is 2. The standard InChI is InChI=1S/C20H17Br2N3O2/c1-12-17(21)8-14(9-18(12)22)23-11-20(27)25-24-10-16-15-5-3-2-4-13(15)6-7-19(16)26/h2-10,23,26H,11H2,1H3,(H,25,27)/b24-10-. The van der Waals surface area contributed by atoms with Crippen LogP contribution in [0.5, 0.6) is 5.75 Å². The minimum absolute atomic E-state index is 0.0702. The minimum Gasteiger partial charge on any atom is -0.507 e. The van der Waals surface area contributed by atoms with Gasteiger partial charge in [-0.2, -0.15) is 5.10 Å². The molecule has 138 valence electrons. The summed E-state index contributed by atoms with van der Waals surface area (Å²) in [5, 5.41) is 18.9. The highest BCUT2D eigenvalue weighted by molar-refractivity contribution is 9.11. The molecule has 3 aromatic carbocycles. The summed E-state index contributed by atoms with van der Waals surface area (Å²) < 4.78 is 1.90. The lowest BCUT2D eigenvalue weighted by molar-refractivity contribution is -0.119. The third kappa shape index (κ3) is 4.67. The van der Waals surface area contributed by atoms with E-state index in [0.717, 1.165) is 31.0 Å². The lowest BCUT2D eigenvalue weighted by atomic mass is 10.0. The second-order valence-electron chi connectivity index (χ2n) is 5.93. The molecule has 0 atom stereocenters. The molecular weight excluding hydrogens is 474 g/mol. The number of benzene rings is 3. The molecule has 0 saturated heterocycles. The molecule has 0 unspecified atom stereocenters. The fourth-order valence-electron chi connectivity index (χ4n) is 2.56. The van der Waals surface area contributed by atoms with Crippen molar-refractivity contribution < 1.29 is 9.90 Å². The molecule has 0 spiro atoms. The first-order valence-electron chi connectivity index (χ1n) is 8.18. The Morgan fingerprint density at radius 2 is 1.85 bits per heavy atom. The van der Waals surface area contributed by atoms with E-state index in [1.54, 1.807) is 6.07 Å². The van der Waals surface area contributed by atoms with Crippen LogP contribution in [0.1, 0.15) is 11.1 Å². The molecule has 1 amide bonds. The van der Waals surface area contributed by atoms with Crippen molar-refractivity contribution in [1.29, 1.82) is 0 Å². The summed E-state index contributed by atoms with van der Waals surface area (Å²) in [7, 11) is 0. The predicted octanol–water partition coefficient (Wildman–Crippen LogP) is 4.94. The molecule has 0 aliphatic rings. The Morgan fingerprint density at radius 3 is 2.59 bits per heavy atom. The summed E-state index contributed by atoms with van der Waals surface area (Å²) in [6.07, 6.45) is 1.45. The minimum atomic E-state index is -0.293. The van der Waals surface area contributed by atoms with Gasteiger partial charge in [0.1, 0.15) is 5.75 Å². The van der Waals surface area contributed by atoms with Gasteiger partial charge in [0.15, 0.2) is 0 Å². The first-order valence-corrected chi connectivity index (χ1v) is 9.76. The van der Waals surface area contributed by atoms with Crippen molar-refractivity contribution in [3.05, 3.63) is 68.6 Å². The summed E-state index contributed by atoms with van der Waals surface area (Å²) in [5.41, 5.74) is 4.93. The second kappa shape index (κ2) is 8.54. The first kappa shape index (κ1) is 19.4. The van der Waals surface area contributed by atoms with Crippen LogP contribution in [-0.2, 0) is 4.79 Å². The molecular formula is C20H17Br2N3O2. The zero-order chi connectivity index (χ0) is 19.4. The molecule has 0 aliphatic heterocycles. The maximum Gasteiger partial charge on any atom is 0.259 e. The van der Waals surface area contributed by atoms with Gasteiger partial charge in [0.2, 0.25) is 0 Å². The number of fused-ring (bicyclic) bond motifs is 1. The van der Waals surface area contributed by atoms with Crippen molar-refractivity contribution in [3.8, 4) is 5.75 Å². The van der Waals surface area contributed by atoms with E-state index in [0.29, 0.717) is 5.56 Å². The lowest BCUT2D eigenvalue weighted by Crippen LogP contribution is -2.25. The Balaban J connectivity index is 1.64. The lowest BCUT2D eigenvalue weighted by Gasteiger charge is -2.09. The Morgan fingerprint density at radius 1 is 1.15 bits per heavy atom. The number of hydrazone groups is 1. The van der Waals surface area contributed by atoms with Gasteiger partial charge in [-0.25, -0.2) is 5.43 Å². The Hall–Kier alpha value is -2.38. The number of carbonyl (C=O) groups excluding carboxylic acids is 1. The van der Waals surface area contributed by atoms with Gasteiger partial charge >= 0.3 is 0 Å². The molecule has 0 aromatic heterocycles. The molecule has 0 heterocycles. The fourth-order valence-corrected chi connectivity index (χ4v) is 3.74. The zero-order valence-corrected chi connectivity index (χ0v) is 17.6. The summed E-state index contributed by atoms with van der Waals surface area (Å²) in [6.45, 7) is 2.06. The number of hydrogen-bond donors (Lipinski definition) is 3. The van der Waals surface area contributed by atoms with E-state index in [-0.39, 0.29) is 18.2 Å². The van der Waals surface area contributed by atoms with E-state index in [1.807, 2.05) is 49.4 Å². The van der Waals surface area contributed by atoms with Crippen molar-refractivity contribution in [1.82, 2.24) is 5.43 Å². The molecule has 3 aromatic rings. The molecule has 3 N–H and O–H groups in total. The third-order valence-electron chi connectivity index (χ3n) is 4.06. The Kier molecular flexibility index (Phi) is 6.13. The monoisotopic (exact) mass is 489 g/mol. The number of carbonyl (C=O) groups is 1. The highest BCUT2D eigenvalue weighted by Crippen LogP contribution is 2.28. The summed E-state index contributed by atoms with van der Waals surface area (Å²) in [6, 6.07) is 14.9. The molecule has 0 fully saturated rings. The van der Waals surface area contributed by atoms with Crippen LogP contribution in [0.25, 0.3) is 10.8 Å². The van der Waals surface area contributed by atoms with Gasteiger partial charge < -0.3 is 10.4 Å². The van der Waals surface area contributed by atoms with Gasteiger partial charge in [0.25, 0.3) is 5.91 Å². The molecule has 0 radical (unpaired) electrons. The molecule has 5 nitrogen and oxygen atoms in total. The van der Waals surface area contributed by atoms with Crippen molar-refractivity contribution in [2.45, 2.75) is 6.92 Å². The number of hydrogen-bond acceptors (Lipinski definition) is 4. The molecule has 7 heteroatoms.